The number of rotatable bonds is 0. The van der Waals surface area contributed by atoms with E-state index in [0.717, 1.165) is 0 Å². The fourth-order valence-electron chi connectivity index (χ4n) is 0. The van der Waals surface area contributed by atoms with Gasteiger partial charge in [0.2, 0.25) is 0 Å². The van der Waals surface area contributed by atoms with Gasteiger partial charge in [-0.25, -0.2) is 0 Å². The summed E-state index contributed by atoms with van der Waals surface area (Å²) in [5.74, 6) is 0. The molecular weight excluding hydrogens is 294 g/mol. The van der Waals surface area contributed by atoms with Crippen molar-refractivity contribution < 1.29 is 78.0 Å². The summed E-state index contributed by atoms with van der Waals surface area (Å²) < 4.78 is 0. The van der Waals surface area contributed by atoms with Crippen LogP contribution in [0.2, 0.25) is 0 Å². The summed E-state index contributed by atoms with van der Waals surface area (Å²) in [6.07, 6.45) is -4.67. The van der Waals surface area contributed by atoms with Crippen molar-refractivity contribution >= 4 is 12.3 Å². The number of carbonyl (C=O) groups is 2. The van der Waals surface area contributed by atoms with Crippen LogP contribution >= 0.6 is 0 Å². The third-order valence-electron chi connectivity index (χ3n) is 0. The van der Waals surface area contributed by atoms with Gasteiger partial charge in [-0.15, -0.1) is 0 Å². The molecule has 0 atom stereocenters. The predicted molar refractivity (Wildman–Crippen MR) is 10.8 cm³/mol. The Bertz CT molecular complexity index is 73.7. The average molecular weight is 294 g/mol. The maximum Gasteiger partial charge on any atom is 3.00 e. The van der Waals surface area contributed by atoms with E-state index in [1.54, 1.807) is 0 Å². The maximum atomic E-state index is 8.33. The first-order valence-corrected chi connectivity index (χ1v) is 1.22. The molecule has 0 heterocycles. The van der Waals surface area contributed by atoms with Crippen LogP contribution in [0.3, 0.4) is 0 Å². The van der Waals surface area contributed by atoms with E-state index in [0.29, 0.717) is 0 Å². The molecule has 0 aliphatic heterocycles. The first kappa shape index (κ1) is 22.5. The molecule has 2 radical (unpaired) electrons. The number of hydrogen-bond acceptors (Lipinski definition) is 6. The standard InChI is InChI=1S/2CH2O3.Cl.La/c2*2-1(3)4;;/h2*(H2,2,3,4);;/q;;+1;+3/p-4. The Morgan fingerprint density at radius 1 is 0.800 bits per heavy atom. The van der Waals surface area contributed by atoms with Crippen LogP contribution in [0.25, 0.3) is 0 Å². The van der Waals surface area contributed by atoms with E-state index in [2.05, 4.69) is 0 Å². The Labute approximate surface area is 89.9 Å². The van der Waals surface area contributed by atoms with Crippen LogP contribution in [0.15, 0.2) is 0 Å². The summed E-state index contributed by atoms with van der Waals surface area (Å²) in [7, 11) is 0. The van der Waals surface area contributed by atoms with Crippen molar-refractivity contribution in [3.63, 3.8) is 0 Å². The van der Waals surface area contributed by atoms with Crippen molar-refractivity contribution in [2.24, 2.45) is 0 Å². The smallest absolute Gasteiger partial charge is 0.652 e. The van der Waals surface area contributed by atoms with Gasteiger partial charge in [0.15, 0.2) is 0 Å². The van der Waals surface area contributed by atoms with E-state index in [-0.39, 0.29) is 48.0 Å². The van der Waals surface area contributed by atoms with Crippen LogP contribution in [-0.4, -0.2) is 12.3 Å². The van der Waals surface area contributed by atoms with Gasteiger partial charge in [0.25, 0.3) is 0 Å². The second-order valence-corrected chi connectivity index (χ2v) is 0.500. The Kier molecular flexibility index (Phi) is 36.0. The van der Waals surface area contributed by atoms with E-state index in [1.165, 1.54) is 0 Å². The van der Waals surface area contributed by atoms with Crippen molar-refractivity contribution in [2.75, 3.05) is 0 Å². The summed E-state index contributed by atoms with van der Waals surface area (Å²) >= 11 is 0. The first-order valence-electron chi connectivity index (χ1n) is 1.22. The molecule has 0 aliphatic carbocycles. The van der Waals surface area contributed by atoms with Gasteiger partial charge >= 0.3 is 48.0 Å². The molecule has 0 aliphatic rings. The summed E-state index contributed by atoms with van der Waals surface area (Å²) in [5, 5.41) is 33.3. The Hall–Kier alpha value is 0.0248. The molecular formula is C2ClLaO6. The number of hydrogen-bond donors (Lipinski definition) is 0. The summed E-state index contributed by atoms with van der Waals surface area (Å²) in [6.45, 7) is 0. The molecule has 0 aromatic heterocycles. The van der Waals surface area contributed by atoms with Crippen molar-refractivity contribution in [1.82, 2.24) is 0 Å². The molecule has 6 nitrogen and oxygen atoms in total. The molecule has 0 saturated carbocycles. The van der Waals surface area contributed by atoms with Crippen molar-refractivity contribution in [3.05, 3.63) is 0 Å². The fourth-order valence-corrected chi connectivity index (χ4v) is 0. The normalized spacial score (nSPS) is 4.80. The second kappa shape index (κ2) is 16.0. The van der Waals surface area contributed by atoms with Gasteiger partial charge in [-0.1, -0.05) is 0 Å². The quantitative estimate of drug-likeness (QED) is 0.441. The maximum absolute atomic E-state index is 8.33. The van der Waals surface area contributed by atoms with Crippen molar-refractivity contribution in [1.29, 1.82) is 0 Å². The largest absolute Gasteiger partial charge is 3.00 e. The molecule has 0 fully saturated rings. The molecule has 0 bridgehead atoms. The molecule has 8 heteroatoms. The molecule has 0 saturated heterocycles. The van der Waals surface area contributed by atoms with Gasteiger partial charge in [-0.05, 0) is 12.3 Å². The summed E-state index contributed by atoms with van der Waals surface area (Å²) in [5.41, 5.74) is 0. The SMILES string of the molecule is O=C([O-])[O-].O=C([O-])[O-].[Cl+].[La+3]. The average Bonchev–Trinajstić information content (AvgIpc) is 1.25. The second-order valence-electron chi connectivity index (χ2n) is 0.500. The van der Waals surface area contributed by atoms with E-state index in [1.807, 2.05) is 0 Å². The zero-order valence-electron chi connectivity index (χ0n) is 4.40. The van der Waals surface area contributed by atoms with Crippen molar-refractivity contribution in [3.8, 4) is 0 Å². The van der Waals surface area contributed by atoms with Gasteiger partial charge in [0.05, 0.1) is 0 Å². The minimum absolute atomic E-state index is 0. The fraction of sp³-hybridized carbons (Fsp3) is 0. The zero-order valence-corrected chi connectivity index (χ0v) is 8.79. The van der Waals surface area contributed by atoms with E-state index in [9.17, 15) is 0 Å². The number of halogens is 1. The van der Waals surface area contributed by atoms with Gasteiger partial charge in [0, 0.05) is 0 Å². The van der Waals surface area contributed by atoms with E-state index < -0.39 is 12.3 Å². The first-order chi connectivity index (χ1) is 3.46. The minimum Gasteiger partial charge on any atom is -0.652 e. The Balaban J connectivity index is -0.0000000300. The topological polar surface area (TPSA) is 126 Å². The Morgan fingerprint density at radius 2 is 0.800 bits per heavy atom. The molecule has 0 N–H and O–H groups in total. The van der Waals surface area contributed by atoms with Crippen LogP contribution in [0, 0.1) is 48.0 Å². The number of carboxylic acid groups (broad SMARTS) is 4. The van der Waals surface area contributed by atoms with Crippen LogP contribution < -0.4 is 20.4 Å². The molecule has 0 spiro atoms. The van der Waals surface area contributed by atoms with Crippen LogP contribution in [0.4, 0.5) is 9.59 Å². The van der Waals surface area contributed by atoms with Gasteiger partial charge in [-0.2, -0.15) is 0 Å². The van der Waals surface area contributed by atoms with E-state index in [4.69, 9.17) is 30.0 Å². The summed E-state index contributed by atoms with van der Waals surface area (Å²) in [4.78, 5) is 16.7. The molecule has 0 aromatic carbocycles. The third kappa shape index (κ3) is 644000. The molecule has 54 valence electrons. The minimum atomic E-state index is -2.33. The molecule has 0 rings (SSSR count). The van der Waals surface area contributed by atoms with Crippen LogP contribution in [0.1, 0.15) is 0 Å². The van der Waals surface area contributed by atoms with E-state index >= 15 is 0 Å². The van der Waals surface area contributed by atoms with Gasteiger partial charge < -0.3 is 30.0 Å². The predicted octanol–water partition coefficient (Wildman–Crippen LogP) is -4.89. The summed E-state index contributed by atoms with van der Waals surface area (Å²) in [6, 6.07) is 0. The molecule has 0 aromatic rings. The van der Waals surface area contributed by atoms with Gasteiger partial charge in [-0.3, -0.25) is 0 Å². The third-order valence-corrected chi connectivity index (χ3v) is 0. The van der Waals surface area contributed by atoms with Gasteiger partial charge in [0.1, 0.15) is 0 Å². The van der Waals surface area contributed by atoms with Crippen LogP contribution in [-0.2, 0) is 0 Å². The zero-order chi connectivity index (χ0) is 7.15. The monoisotopic (exact) mass is 294 g/mol. The number of carbonyl (C=O) groups excluding carboxylic acids is 2. The Morgan fingerprint density at radius 3 is 0.800 bits per heavy atom. The van der Waals surface area contributed by atoms with Crippen LogP contribution in [0.5, 0.6) is 0 Å². The molecule has 10 heavy (non-hydrogen) atoms. The molecule has 0 amide bonds. The van der Waals surface area contributed by atoms with Crippen molar-refractivity contribution in [2.45, 2.75) is 0 Å². The molecule has 0 unspecified atom stereocenters.